The van der Waals surface area contributed by atoms with Crippen molar-refractivity contribution in [2.24, 2.45) is 0 Å². The van der Waals surface area contributed by atoms with Crippen LogP contribution in [0, 0.1) is 6.92 Å². The van der Waals surface area contributed by atoms with Crippen molar-refractivity contribution in [2.75, 3.05) is 27.2 Å². The summed E-state index contributed by atoms with van der Waals surface area (Å²) in [6.45, 7) is 4.42. The van der Waals surface area contributed by atoms with E-state index in [2.05, 4.69) is 24.4 Å². The normalized spacial score (nSPS) is 17.4. The topological polar surface area (TPSA) is 41.6 Å². The number of halogens is 1. The molecule has 1 amide bonds. The van der Waals surface area contributed by atoms with Crippen molar-refractivity contribution in [3.63, 3.8) is 0 Å². The van der Waals surface area contributed by atoms with E-state index in [0.29, 0.717) is 6.54 Å². The number of ether oxygens (including phenoxy) is 1. The molecule has 0 unspecified atom stereocenters. The molecule has 1 saturated heterocycles. The third-order valence-electron chi connectivity index (χ3n) is 3.73. The van der Waals surface area contributed by atoms with Gasteiger partial charge in [-0.2, -0.15) is 0 Å². The molecule has 0 saturated carbocycles. The Labute approximate surface area is 130 Å². The Morgan fingerprint density at radius 3 is 2.60 bits per heavy atom. The van der Waals surface area contributed by atoms with Crippen LogP contribution < -0.4 is 5.32 Å². The molecule has 0 radical (unpaired) electrons. The van der Waals surface area contributed by atoms with Gasteiger partial charge in [-0.05, 0) is 45.0 Å². The van der Waals surface area contributed by atoms with Crippen LogP contribution in [0.3, 0.4) is 0 Å². The van der Waals surface area contributed by atoms with Crippen molar-refractivity contribution < 1.29 is 9.53 Å². The summed E-state index contributed by atoms with van der Waals surface area (Å²) in [4.78, 5) is 16.9. The number of rotatable bonds is 4. The van der Waals surface area contributed by atoms with E-state index in [-0.39, 0.29) is 18.3 Å². The number of methoxy groups -OCH3 is 1. The van der Waals surface area contributed by atoms with E-state index >= 15 is 0 Å². The molecule has 4 nitrogen and oxygen atoms in total. The summed E-state index contributed by atoms with van der Waals surface area (Å²) >= 11 is 1.74. The number of aryl methyl sites for hydroxylation is 1. The standard InChI is InChI=1S/C14H22N2O2S.ClH/c1-11-4-5-12(19-11)10-16(2)13(17)14(18-3)6-8-15-9-7-14;/h4-5,15H,6-10H2,1-3H3;1H. The molecule has 0 atom stereocenters. The van der Waals surface area contributed by atoms with E-state index in [4.69, 9.17) is 4.74 Å². The zero-order chi connectivity index (χ0) is 13.9. The Balaban J connectivity index is 0.00000200. The molecule has 20 heavy (non-hydrogen) atoms. The molecule has 1 fully saturated rings. The van der Waals surface area contributed by atoms with Gasteiger partial charge in [-0.25, -0.2) is 0 Å². The molecule has 1 aromatic heterocycles. The molecule has 114 valence electrons. The number of nitrogens with one attached hydrogen (secondary N) is 1. The largest absolute Gasteiger partial charge is 0.368 e. The van der Waals surface area contributed by atoms with Gasteiger partial charge in [0.1, 0.15) is 5.60 Å². The van der Waals surface area contributed by atoms with Gasteiger partial charge in [-0.1, -0.05) is 0 Å². The summed E-state index contributed by atoms with van der Waals surface area (Å²) in [5, 5.41) is 3.27. The molecular weight excluding hydrogens is 296 g/mol. The first-order valence-electron chi connectivity index (χ1n) is 6.64. The van der Waals surface area contributed by atoms with E-state index in [1.807, 2.05) is 7.05 Å². The van der Waals surface area contributed by atoms with Gasteiger partial charge in [0.15, 0.2) is 0 Å². The van der Waals surface area contributed by atoms with E-state index in [1.165, 1.54) is 9.75 Å². The lowest BCUT2D eigenvalue weighted by atomic mass is 9.90. The monoisotopic (exact) mass is 318 g/mol. The molecule has 1 N–H and O–H groups in total. The van der Waals surface area contributed by atoms with Gasteiger partial charge in [-0.15, -0.1) is 23.7 Å². The Morgan fingerprint density at radius 2 is 2.10 bits per heavy atom. The number of amides is 1. The Hall–Kier alpha value is -0.620. The number of hydrogen-bond acceptors (Lipinski definition) is 4. The molecule has 0 spiro atoms. The summed E-state index contributed by atoms with van der Waals surface area (Å²) in [6, 6.07) is 4.18. The number of thiophene rings is 1. The summed E-state index contributed by atoms with van der Waals surface area (Å²) in [6.07, 6.45) is 1.49. The lowest BCUT2D eigenvalue weighted by Crippen LogP contribution is -2.54. The Morgan fingerprint density at radius 1 is 1.45 bits per heavy atom. The van der Waals surface area contributed by atoms with Crippen molar-refractivity contribution in [2.45, 2.75) is 31.9 Å². The van der Waals surface area contributed by atoms with Crippen LogP contribution in [0.2, 0.25) is 0 Å². The molecular formula is C14H23ClN2O2S. The van der Waals surface area contributed by atoms with Crippen LogP contribution >= 0.6 is 23.7 Å². The fourth-order valence-corrected chi connectivity index (χ4v) is 3.50. The summed E-state index contributed by atoms with van der Waals surface area (Å²) in [7, 11) is 3.51. The molecule has 0 aromatic carbocycles. The number of likely N-dealkylation sites (N-methyl/N-ethyl adjacent to an activating group) is 1. The van der Waals surface area contributed by atoms with Gasteiger partial charge in [0.25, 0.3) is 5.91 Å². The zero-order valence-corrected chi connectivity index (χ0v) is 13.9. The lowest BCUT2D eigenvalue weighted by Gasteiger charge is -2.37. The molecule has 0 aliphatic carbocycles. The predicted molar refractivity (Wildman–Crippen MR) is 84.6 cm³/mol. The van der Waals surface area contributed by atoms with Crippen molar-refractivity contribution in [1.82, 2.24) is 10.2 Å². The van der Waals surface area contributed by atoms with E-state index < -0.39 is 5.60 Å². The highest BCUT2D eigenvalue weighted by atomic mass is 35.5. The van der Waals surface area contributed by atoms with Crippen molar-refractivity contribution in [3.05, 3.63) is 21.9 Å². The third kappa shape index (κ3) is 3.73. The molecule has 1 aromatic rings. The van der Waals surface area contributed by atoms with Crippen LogP contribution in [0.4, 0.5) is 0 Å². The van der Waals surface area contributed by atoms with Gasteiger partial charge in [-0.3, -0.25) is 4.79 Å². The molecule has 1 aliphatic rings. The molecule has 2 heterocycles. The van der Waals surface area contributed by atoms with Crippen LogP contribution in [-0.4, -0.2) is 43.7 Å². The van der Waals surface area contributed by atoms with Crippen molar-refractivity contribution in [1.29, 1.82) is 0 Å². The van der Waals surface area contributed by atoms with Gasteiger partial charge in [0.2, 0.25) is 0 Å². The van der Waals surface area contributed by atoms with E-state index in [9.17, 15) is 4.79 Å². The summed E-state index contributed by atoms with van der Waals surface area (Å²) in [5.41, 5.74) is -0.633. The Bertz CT molecular complexity index is 444. The second-order valence-electron chi connectivity index (χ2n) is 5.12. The molecule has 2 rings (SSSR count). The molecule has 0 bridgehead atoms. The van der Waals surface area contributed by atoms with Crippen LogP contribution in [0.15, 0.2) is 12.1 Å². The first-order valence-corrected chi connectivity index (χ1v) is 7.46. The number of carbonyl (C=O) groups excluding carboxylic acids is 1. The fraction of sp³-hybridized carbons (Fsp3) is 0.643. The second kappa shape index (κ2) is 7.41. The minimum Gasteiger partial charge on any atom is -0.368 e. The average molecular weight is 319 g/mol. The van der Waals surface area contributed by atoms with Gasteiger partial charge in [0, 0.05) is 23.9 Å². The first kappa shape index (κ1) is 17.4. The van der Waals surface area contributed by atoms with Gasteiger partial charge in [0.05, 0.1) is 6.54 Å². The van der Waals surface area contributed by atoms with Crippen LogP contribution in [0.5, 0.6) is 0 Å². The summed E-state index contributed by atoms with van der Waals surface area (Å²) in [5.74, 6) is 0.0996. The maximum Gasteiger partial charge on any atom is 0.254 e. The quantitative estimate of drug-likeness (QED) is 0.925. The lowest BCUT2D eigenvalue weighted by molar-refractivity contribution is -0.157. The van der Waals surface area contributed by atoms with E-state index in [0.717, 1.165) is 25.9 Å². The number of hydrogen-bond donors (Lipinski definition) is 1. The highest BCUT2D eigenvalue weighted by Crippen LogP contribution is 2.26. The molecule has 6 heteroatoms. The van der Waals surface area contributed by atoms with Crippen molar-refractivity contribution >= 4 is 29.7 Å². The number of nitrogens with zero attached hydrogens (tertiary/aromatic N) is 1. The number of carbonyl (C=O) groups is 1. The SMILES string of the molecule is COC1(C(=O)N(C)Cc2ccc(C)s2)CCNCC1.Cl. The minimum absolute atomic E-state index is 0. The maximum atomic E-state index is 12.6. The minimum atomic E-state index is -0.633. The third-order valence-corrected chi connectivity index (χ3v) is 4.71. The van der Waals surface area contributed by atoms with E-state index in [1.54, 1.807) is 23.3 Å². The maximum absolute atomic E-state index is 12.6. The van der Waals surface area contributed by atoms with Crippen molar-refractivity contribution in [3.8, 4) is 0 Å². The number of piperidine rings is 1. The van der Waals surface area contributed by atoms with Gasteiger partial charge >= 0.3 is 0 Å². The summed E-state index contributed by atoms with van der Waals surface area (Å²) < 4.78 is 5.58. The first-order chi connectivity index (χ1) is 9.07. The van der Waals surface area contributed by atoms with Gasteiger partial charge < -0.3 is 15.0 Å². The van der Waals surface area contributed by atoms with Crippen LogP contribution in [0.1, 0.15) is 22.6 Å². The zero-order valence-electron chi connectivity index (χ0n) is 12.3. The van der Waals surface area contributed by atoms with Crippen LogP contribution in [-0.2, 0) is 16.1 Å². The highest BCUT2D eigenvalue weighted by molar-refractivity contribution is 7.11. The predicted octanol–water partition coefficient (Wildman–Crippen LogP) is 2.21. The fourth-order valence-electron chi connectivity index (χ4n) is 2.56. The Kier molecular flexibility index (Phi) is 6.45. The second-order valence-corrected chi connectivity index (χ2v) is 6.49. The average Bonchev–Trinajstić information content (AvgIpc) is 2.84. The molecule has 1 aliphatic heterocycles. The highest BCUT2D eigenvalue weighted by Gasteiger charge is 2.41. The smallest absolute Gasteiger partial charge is 0.254 e. The van der Waals surface area contributed by atoms with Crippen LogP contribution in [0.25, 0.3) is 0 Å².